The topological polar surface area (TPSA) is 51.4 Å². The predicted molar refractivity (Wildman–Crippen MR) is 69.0 cm³/mol. The van der Waals surface area contributed by atoms with E-state index in [-0.39, 0.29) is 0 Å². The molecule has 0 amide bonds. The van der Waals surface area contributed by atoms with E-state index in [0.29, 0.717) is 18.7 Å². The van der Waals surface area contributed by atoms with Crippen molar-refractivity contribution in [3.8, 4) is 0 Å². The molecule has 4 nitrogen and oxygen atoms in total. The first-order chi connectivity index (χ1) is 8.26. The van der Waals surface area contributed by atoms with Crippen molar-refractivity contribution in [2.75, 3.05) is 18.6 Å². The molecule has 2 heterocycles. The van der Waals surface area contributed by atoms with Crippen molar-refractivity contribution in [3.05, 3.63) is 23.9 Å². The lowest BCUT2D eigenvalue weighted by molar-refractivity contribution is 0.0719. The van der Waals surface area contributed by atoms with Gasteiger partial charge in [-0.25, -0.2) is 4.98 Å². The van der Waals surface area contributed by atoms with Crippen molar-refractivity contribution in [2.24, 2.45) is 5.73 Å². The second-order valence-electron chi connectivity index (χ2n) is 4.61. The van der Waals surface area contributed by atoms with Gasteiger partial charge in [-0.2, -0.15) is 0 Å². The van der Waals surface area contributed by atoms with Crippen LogP contribution < -0.4 is 10.6 Å². The van der Waals surface area contributed by atoms with Crippen molar-refractivity contribution in [1.29, 1.82) is 0 Å². The molecule has 0 bridgehead atoms. The van der Waals surface area contributed by atoms with Crippen LogP contribution in [0, 0.1) is 0 Å². The molecule has 1 aromatic rings. The van der Waals surface area contributed by atoms with Gasteiger partial charge in [0.25, 0.3) is 0 Å². The highest BCUT2D eigenvalue weighted by Gasteiger charge is 2.27. The van der Waals surface area contributed by atoms with Crippen LogP contribution in [0.5, 0.6) is 0 Å². The molecule has 0 saturated carbocycles. The Morgan fingerprint density at radius 2 is 2.41 bits per heavy atom. The Labute approximate surface area is 103 Å². The summed E-state index contributed by atoms with van der Waals surface area (Å²) in [7, 11) is 1.79. The number of nitrogens with two attached hydrogens (primary N) is 1. The van der Waals surface area contributed by atoms with Crippen LogP contribution in [0.25, 0.3) is 0 Å². The van der Waals surface area contributed by atoms with Crippen LogP contribution in [-0.4, -0.2) is 30.8 Å². The summed E-state index contributed by atoms with van der Waals surface area (Å²) >= 11 is 0. The monoisotopic (exact) mass is 235 g/mol. The van der Waals surface area contributed by atoms with Gasteiger partial charge in [-0.1, -0.05) is 6.07 Å². The van der Waals surface area contributed by atoms with Gasteiger partial charge in [0, 0.05) is 38.0 Å². The maximum Gasteiger partial charge on any atom is 0.133 e. The minimum Gasteiger partial charge on any atom is -0.381 e. The lowest BCUT2D eigenvalue weighted by Gasteiger charge is -2.38. The highest BCUT2D eigenvalue weighted by atomic mass is 16.5. The van der Waals surface area contributed by atoms with Crippen LogP contribution in [-0.2, 0) is 11.3 Å². The second-order valence-corrected chi connectivity index (χ2v) is 4.61. The first kappa shape index (κ1) is 12.3. The van der Waals surface area contributed by atoms with E-state index in [9.17, 15) is 0 Å². The molecule has 1 fully saturated rings. The van der Waals surface area contributed by atoms with E-state index >= 15 is 0 Å². The fourth-order valence-electron chi connectivity index (χ4n) is 2.51. The molecule has 4 heteroatoms. The number of nitrogens with zero attached hydrogens (tertiary/aromatic N) is 2. The highest BCUT2D eigenvalue weighted by Crippen LogP contribution is 2.26. The van der Waals surface area contributed by atoms with E-state index in [0.717, 1.165) is 30.8 Å². The molecule has 94 valence electrons. The normalized spacial score (nSPS) is 25.0. The molecule has 2 atom stereocenters. The summed E-state index contributed by atoms with van der Waals surface area (Å²) in [6.07, 6.45) is 4.33. The van der Waals surface area contributed by atoms with E-state index in [1.807, 2.05) is 12.3 Å². The Morgan fingerprint density at radius 3 is 3.06 bits per heavy atom. The molecule has 17 heavy (non-hydrogen) atoms. The first-order valence-electron chi connectivity index (χ1n) is 6.19. The van der Waals surface area contributed by atoms with Crippen molar-refractivity contribution in [3.63, 3.8) is 0 Å². The molecule has 2 unspecified atom stereocenters. The summed E-state index contributed by atoms with van der Waals surface area (Å²) in [6, 6.07) is 4.45. The van der Waals surface area contributed by atoms with Crippen LogP contribution in [0.15, 0.2) is 18.3 Å². The zero-order valence-corrected chi connectivity index (χ0v) is 10.6. The average molecular weight is 235 g/mol. The van der Waals surface area contributed by atoms with Gasteiger partial charge in [-0.3, -0.25) is 0 Å². The minimum atomic E-state index is 0.381. The average Bonchev–Trinajstić information content (AvgIpc) is 2.38. The third kappa shape index (κ3) is 2.58. The van der Waals surface area contributed by atoms with Gasteiger partial charge in [0.05, 0.1) is 6.10 Å². The van der Waals surface area contributed by atoms with Crippen molar-refractivity contribution in [2.45, 2.75) is 38.5 Å². The fraction of sp³-hybridized carbons (Fsp3) is 0.615. The zero-order chi connectivity index (χ0) is 12.3. The number of hydrogen-bond donors (Lipinski definition) is 1. The number of piperidine rings is 1. The quantitative estimate of drug-likeness (QED) is 0.863. The van der Waals surface area contributed by atoms with E-state index in [1.165, 1.54) is 0 Å². The number of pyridine rings is 1. The third-order valence-corrected chi connectivity index (χ3v) is 3.52. The van der Waals surface area contributed by atoms with Gasteiger partial charge in [0.1, 0.15) is 5.82 Å². The molecule has 2 N–H and O–H groups in total. The standard InChI is InChI=1S/C13H21N3O/c1-10-8-12(17-2)5-7-16(10)13-11(9-14)4-3-6-15-13/h3-4,6,10,12H,5,7-9,14H2,1-2H3. The summed E-state index contributed by atoms with van der Waals surface area (Å²) < 4.78 is 5.43. The van der Waals surface area contributed by atoms with Crippen LogP contribution >= 0.6 is 0 Å². The molecule has 0 aromatic carbocycles. The first-order valence-corrected chi connectivity index (χ1v) is 6.19. The van der Waals surface area contributed by atoms with E-state index in [4.69, 9.17) is 10.5 Å². The molecule has 1 aromatic heterocycles. The highest BCUT2D eigenvalue weighted by molar-refractivity contribution is 5.48. The molecule has 1 saturated heterocycles. The van der Waals surface area contributed by atoms with E-state index in [1.54, 1.807) is 7.11 Å². The second kappa shape index (κ2) is 5.47. The number of aromatic nitrogens is 1. The Bertz CT molecular complexity index is 369. The van der Waals surface area contributed by atoms with Crippen LogP contribution in [0.3, 0.4) is 0 Å². The summed E-state index contributed by atoms with van der Waals surface area (Å²) in [5, 5.41) is 0. The van der Waals surface area contributed by atoms with E-state index < -0.39 is 0 Å². The number of ether oxygens (including phenoxy) is 1. The zero-order valence-electron chi connectivity index (χ0n) is 10.6. The molecule has 0 spiro atoms. The summed E-state index contributed by atoms with van der Waals surface area (Å²) in [5.41, 5.74) is 6.89. The summed E-state index contributed by atoms with van der Waals surface area (Å²) in [4.78, 5) is 6.82. The minimum absolute atomic E-state index is 0.381. The number of anilines is 1. The van der Waals surface area contributed by atoms with Gasteiger partial charge in [-0.15, -0.1) is 0 Å². The Balaban J connectivity index is 2.17. The Hall–Kier alpha value is -1.13. The smallest absolute Gasteiger partial charge is 0.133 e. The third-order valence-electron chi connectivity index (χ3n) is 3.52. The summed E-state index contributed by atoms with van der Waals surface area (Å²) in [5.74, 6) is 1.04. The summed E-state index contributed by atoms with van der Waals surface area (Å²) in [6.45, 7) is 3.75. The molecular formula is C13H21N3O. The van der Waals surface area contributed by atoms with Crippen LogP contribution in [0.2, 0.25) is 0 Å². The number of methoxy groups -OCH3 is 1. The van der Waals surface area contributed by atoms with Crippen LogP contribution in [0.4, 0.5) is 5.82 Å². The molecule has 2 rings (SSSR count). The number of rotatable bonds is 3. The lowest BCUT2D eigenvalue weighted by atomic mass is 10.00. The molecule has 0 radical (unpaired) electrons. The largest absolute Gasteiger partial charge is 0.381 e. The molecule has 1 aliphatic rings. The van der Waals surface area contributed by atoms with E-state index in [2.05, 4.69) is 22.9 Å². The van der Waals surface area contributed by atoms with Gasteiger partial charge in [-0.05, 0) is 25.8 Å². The molecule has 1 aliphatic heterocycles. The van der Waals surface area contributed by atoms with Crippen molar-refractivity contribution >= 4 is 5.82 Å². The Kier molecular flexibility index (Phi) is 3.97. The predicted octanol–water partition coefficient (Wildman–Crippen LogP) is 1.54. The number of hydrogen-bond acceptors (Lipinski definition) is 4. The Morgan fingerprint density at radius 1 is 1.59 bits per heavy atom. The van der Waals surface area contributed by atoms with Gasteiger partial charge < -0.3 is 15.4 Å². The fourth-order valence-corrected chi connectivity index (χ4v) is 2.51. The lowest BCUT2D eigenvalue weighted by Crippen LogP contribution is -2.44. The van der Waals surface area contributed by atoms with Crippen molar-refractivity contribution < 1.29 is 4.74 Å². The van der Waals surface area contributed by atoms with Gasteiger partial charge in [0.2, 0.25) is 0 Å². The maximum absolute atomic E-state index is 5.76. The maximum atomic E-state index is 5.76. The molecular weight excluding hydrogens is 214 g/mol. The van der Waals surface area contributed by atoms with Crippen LogP contribution in [0.1, 0.15) is 25.3 Å². The van der Waals surface area contributed by atoms with Gasteiger partial charge in [0.15, 0.2) is 0 Å². The molecule has 0 aliphatic carbocycles. The SMILES string of the molecule is COC1CCN(c2ncccc2CN)C(C)C1. The van der Waals surface area contributed by atoms with Gasteiger partial charge >= 0.3 is 0 Å². The van der Waals surface area contributed by atoms with Crippen molar-refractivity contribution in [1.82, 2.24) is 4.98 Å².